The molecule has 0 unspecified atom stereocenters. The van der Waals surface area contributed by atoms with Gasteiger partial charge in [-0.1, -0.05) is 20.3 Å². The fourth-order valence-corrected chi connectivity index (χ4v) is 2.04. The Morgan fingerprint density at radius 2 is 1.54 bits per heavy atom. The van der Waals surface area contributed by atoms with Crippen LogP contribution >= 0.6 is 0 Å². The van der Waals surface area contributed by atoms with Crippen LogP contribution in [0.1, 0.15) is 54.9 Å². The van der Waals surface area contributed by atoms with Crippen LogP contribution < -0.4 is 16.0 Å². The highest BCUT2D eigenvalue weighted by molar-refractivity contribution is 5.93. The normalized spacial score (nSPS) is 15.0. The van der Waals surface area contributed by atoms with Crippen molar-refractivity contribution < 1.29 is 34.1 Å². The predicted octanol–water partition coefficient (Wildman–Crippen LogP) is 0.382. The van der Waals surface area contributed by atoms with Gasteiger partial charge >= 0.3 is 12.1 Å². The second-order valence-electron chi connectivity index (χ2n) is 8.17. The highest BCUT2D eigenvalue weighted by atomic mass is 16.6. The summed E-state index contributed by atoms with van der Waals surface area (Å²) < 4.78 is 5.05. The average Bonchev–Trinajstić information content (AvgIpc) is 2.54. The van der Waals surface area contributed by atoms with Crippen LogP contribution in [0.4, 0.5) is 4.79 Å². The van der Waals surface area contributed by atoms with Crippen molar-refractivity contribution in [3.8, 4) is 0 Å². The number of carbonyl (C=O) groups excluding carboxylic acids is 3. The van der Waals surface area contributed by atoms with Crippen molar-refractivity contribution in [2.75, 3.05) is 6.61 Å². The summed E-state index contributed by atoms with van der Waals surface area (Å²) in [5.41, 5.74) is -2.32. The largest absolute Gasteiger partial charge is 0.480 e. The SMILES string of the molecule is CC[C@H](C)[C@H](NC(=O)[C@H](CO)NC(=O)OC(C)(C)C)C(=O)NC(C)(C)C(=O)O. The number of aliphatic carboxylic acids is 1. The molecule has 0 fully saturated rings. The molecule has 3 atom stereocenters. The van der Waals surface area contributed by atoms with Gasteiger partial charge in [0, 0.05) is 0 Å². The molecule has 162 valence electrons. The summed E-state index contributed by atoms with van der Waals surface area (Å²) in [5.74, 6) is -3.02. The maximum absolute atomic E-state index is 12.6. The Kier molecular flexibility index (Phi) is 9.39. The molecule has 0 aromatic carbocycles. The van der Waals surface area contributed by atoms with Gasteiger partial charge in [0.2, 0.25) is 11.8 Å². The van der Waals surface area contributed by atoms with Crippen molar-refractivity contribution in [2.45, 2.75) is 78.1 Å². The topological polar surface area (TPSA) is 154 Å². The van der Waals surface area contributed by atoms with E-state index in [0.717, 1.165) is 0 Å². The van der Waals surface area contributed by atoms with Crippen LogP contribution in [0, 0.1) is 5.92 Å². The van der Waals surface area contributed by atoms with Crippen molar-refractivity contribution >= 4 is 23.9 Å². The molecule has 0 aliphatic carbocycles. The number of aliphatic hydroxyl groups is 1. The summed E-state index contributed by atoms with van der Waals surface area (Å²) in [4.78, 5) is 48.1. The summed E-state index contributed by atoms with van der Waals surface area (Å²) in [6.07, 6.45) is -0.368. The van der Waals surface area contributed by atoms with Crippen molar-refractivity contribution in [1.82, 2.24) is 16.0 Å². The van der Waals surface area contributed by atoms with Crippen molar-refractivity contribution in [3.05, 3.63) is 0 Å². The molecule has 5 N–H and O–H groups in total. The summed E-state index contributed by atoms with van der Waals surface area (Å²) in [6.45, 7) is 10.4. The maximum Gasteiger partial charge on any atom is 0.408 e. The van der Waals surface area contributed by atoms with Crippen LogP contribution in [0.15, 0.2) is 0 Å². The van der Waals surface area contributed by atoms with Gasteiger partial charge < -0.3 is 30.9 Å². The van der Waals surface area contributed by atoms with E-state index in [9.17, 15) is 29.4 Å². The summed E-state index contributed by atoms with van der Waals surface area (Å²) in [5, 5.41) is 25.7. The Morgan fingerprint density at radius 1 is 1.00 bits per heavy atom. The zero-order chi connectivity index (χ0) is 22.3. The van der Waals surface area contributed by atoms with Gasteiger partial charge in [0.15, 0.2) is 0 Å². The quantitative estimate of drug-likeness (QED) is 0.373. The first kappa shape index (κ1) is 25.6. The molecule has 0 saturated heterocycles. The Labute approximate surface area is 165 Å². The standard InChI is InChI=1S/C18H33N3O7/c1-8-10(2)12(14(24)21-18(6,7)15(25)26)20-13(23)11(9-22)19-16(27)28-17(3,4)5/h10-12,22H,8-9H2,1-7H3,(H,19,27)(H,20,23)(H,21,24)(H,25,26)/t10-,11-,12-/m0/s1. The number of hydrogen-bond donors (Lipinski definition) is 5. The van der Waals surface area contributed by atoms with Crippen LogP contribution in [-0.2, 0) is 19.1 Å². The van der Waals surface area contributed by atoms with Gasteiger partial charge in [0.05, 0.1) is 6.61 Å². The molecule has 0 aliphatic rings. The lowest BCUT2D eigenvalue weighted by Crippen LogP contribution is -2.60. The van der Waals surface area contributed by atoms with E-state index in [1.165, 1.54) is 13.8 Å². The minimum absolute atomic E-state index is 0.325. The van der Waals surface area contributed by atoms with Crippen molar-refractivity contribution in [2.24, 2.45) is 5.92 Å². The number of ether oxygens (including phenoxy) is 1. The molecule has 3 amide bonds. The number of carboxylic acids is 1. The lowest BCUT2D eigenvalue weighted by molar-refractivity contribution is -0.146. The maximum atomic E-state index is 12.6. The Morgan fingerprint density at radius 3 is 1.93 bits per heavy atom. The zero-order valence-corrected chi connectivity index (χ0v) is 17.6. The van der Waals surface area contributed by atoms with Crippen LogP contribution in [0.3, 0.4) is 0 Å². The van der Waals surface area contributed by atoms with Gasteiger partial charge in [-0.25, -0.2) is 9.59 Å². The summed E-state index contributed by atoms with van der Waals surface area (Å²) in [7, 11) is 0. The van der Waals surface area contributed by atoms with Crippen LogP contribution in [0.5, 0.6) is 0 Å². The average molecular weight is 403 g/mol. The molecule has 0 rings (SSSR count). The number of carbonyl (C=O) groups is 4. The fourth-order valence-electron chi connectivity index (χ4n) is 2.04. The Hall–Kier alpha value is -2.36. The Bertz CT molecular complexity index is 584. The van der Waals surface area contributed by atoms with Crippen LogP contribution in [0.25, 0.3) is 0 Å². The molecule has 0 spiro atoms. The smallest absolute Gasteiger partial charge is 0.408 e. The molecule has 0 heterocycles. The molecule has 0 saturated carbocycles. The Balaban J connectivity index is 5.25. The first-order valence-electron chi connectivity index (χ1n) is 9.10. The predicted molar refractivity (Wildman–Crippen MR) is 101 cm³/mol. The van der Waals surface area contributed by atoms with Gasteiger partial charge in [-0.3, -0.25) is 9.59 Å². The highest BCUT2D eigenvalue weighted by Gasteiger charge is 2.35. The van der Waals surface area contributed by atoms with Crippen LogP contribution in [-0.4, -0.2) is 63.9 Å². The van der Waals surface area contributed by atoms with Gasteiger partial charge in [-0.05, 0) is 40.5 Å². The summed E-state index contributed by atoms with van der Waals surface area (Å²) >= 11 is 0. The third-order valence-corrected chi connectivity index (χ3v) is 3.95. The second kappa shape index (κ2) is 10.3. The monoisotopic (exact) mass is 403 g/mol. The van der Waals surface area contributed by atoms with Gasteiger partial charge in [-0.15, -0.1) is 0 Å². The number of carboxylic acid groups (broad SMARTS) is 1. The second-order valence-corrected chi connectivity index (χ2v) is 8.17. The van der Waals surface area contributed by atoms with E-state index in [1.54, 1.807) is 27.7 Å². The minimum atomic E-state index is -1.53. The zero-order valence-electron chi connectivity index (χ0n) is 17.6. The number of amides is 3. The first-order chi connectivity index (χ1) is 12.6. The molecule has 0 aromatic rings. The fraction of sp³-hybridized carbons (Fsp3) is 0.778. The third-order valence-electron chi connectivity index (χ3n) is 3.95. The lowest BCUT2D eigenvalue weighted by atomic mass is 9.96. The van der Waals surface area contributed by atoms with E-state index in [2.05, 4.69) is 16.0 Å². The lowest BCUT2D eigenvalue weighted by Gasteiger charge is -2.29. The van der Waals surface area contributed by atoms with E-state index < -0.39 is 53.7 Å². The van der Waals surface area contributed by atoms with Crippen molar-refractivity contribution in [3.63, 3.8) is 0 Å². The molecule has 0 bridgehead atoms. The molecule has 10 heteroatoms. The number of rotatable bonds is 9. The number of nitrogens with one attached hydrogen (secondary N) is 3. The van der Waals surface area contributed by atoms with E-state index >= 15 is 0 Å². The van der Waals surface area contributed by atoms with E-state index in [1.807, 2.05) is 6.92 Å². The van der Waals surface area contributed by atoms with Gasteiger partial charge in [0.1, 0.15) is 23.2 Å². The molecule has 0 aliphatic heterocycles. The number of aliphatic hydroxyl groups excluding tert-OH is 1. The first-order valence-corrected chi connectivity index (χ1v) is 9.10. The molecule has 10 nitrogen and oxygen atoms in total. The van der Waals surface area contributed by atoms with E-state index in [0.29, 0.717) is 6.42 Å². The number of alkyl carbamates (subject to hydrolysis) is 1. The third kappa shape index (κ3) is 8.55. The van der Waals surface area contributed by atoms with Crippen molar-refractivity contribution in [1.29, 1.82) is 0 Å². The molecule has 28 heavy (non-hydrogen) atoms. The van der Waals surface area contributed by atoms with E-state index in [4.69, 9.17) is 4.74 Å². The number of hydrogen-bond acceptors (Lipinski definition) is 6. The molecular formula is C18H33N3O7. The van der Waals surface area contributed by atoms with Crippen LogP contribution in [0.2, 0.25) is 0 Å². The van der Waals surface area contributed by atoms with E-state index in [-0.39, 0.29) is 5.92 Å². The minimum Gasteiger partial charge on any atom is -0.480 e. The summed E-state index contributed by atoms with van der Waals surface area (Å²) in [6, 6.07) is -2.38. The molecule has 0 radical (unpaired) electrons. The molecular weight excluding hydrogens is 370 g/mol. The highest BCUT2D eigenvalue weighted by Crippen LogP contribution is 2.11. The van der Waals surface area contributed by atoms with Gasteiger partial charge in [-0.2, -0.15) is 0 Å². The molecule has 0 aromatic heterocycles. The van der Waals surface area contributed by atoms with Gasteiger partial charge in [0.25, 0.3) is 0 Å².